The molecule has 3 atom stereocenters. The van der Waals surface area contributed by atoms with Crippen LogP contribution in [0, 0.1) is 5.92 Å². The minimum absolute atomic E-state index is 0.0588. The highest BCUT2D eigenvalue weighted by atomic mass is 35.5. The second kappa shape index (κ2) is 4.71. The van der Waals surface area contributed by atoms with Crippen LogP contribution in [0.3, 0.4) is 0 Å². The van der Waals surface area contributed by atoms with Crippen LogP contribution < -0.4 is 5.32 Å². The summed E-state index contributed by atoms with van der Waals surface area (Å²) in [6, 6.07) is 0.129. The molecular weight excluding hydrogens is 215 g/mol. The monoisotopic (exact) mass is 229 g/mol. The lowest BCUT2D eigenvalue weighted by Crippen LogP contribution is -2.26. The van der Waals surface area contributed by atoms with Gasteiger partial charge in [-0.1, -0.05) is 0 Å². The Morgan fingerprint density at radius 2 is 1.86 bits per heavy atom. The highest BCUT2D eigenvalue weighted by molar-refractivity contribution is 6.20. The Morgan fingerprint density at radius 3 is 2.36 bits per heavy atom. The second-order valence-corrected chi connectivity index (χ2v) is 4.49. The van der Waals surface area contributed by atoms with E-state index in [9.17, 15) is 13.2 Å². The fourth-order valence-electron chi connectivity index (χ4n) is 1.91. The zero-order chi connectivity index (χ0) is 10.8. The summed E-state index contributed by atoms with van der Waals surface area (Å²) in [5.74, 6) is -1.22. The lowest BCUT2D eigenvalue weighted by Gasteiger charge is -2.18. The summed E-state index contributed by atoms with van der Waals surface area (Å²) in [7, 11) is 1.77. The van der Waals surface area contributed by atoms with Crippen molar-refractivity contribution in [3.8, 4) is 0 Å². The molecule has 0 bridgehead atoms. The first kappa shape index (κ1) is 12.1. The first-order chi connectivity index (χ1) is 6.43. The quantitative estimate of drug-likeness (QED) is 0.539. The zero-order valence-electron chi connectivity index (χ0n) is 8.07. The molecule has 0 aliphatic heterocycles. The standard InChI is InChI=1S/C9H15ClF3N/c1-14-8-3-2-6(9(11,12)13)4-7(10)5-8/h6-8,14H,2-5H2,1H3. The molecule has 1 nitrogen and oxygen atoms in total. The van der Waals surface area contributed by atoms with Gasteiger partial charge in [-0.25, -0.2) is 0 Å². The van der Waals surface area contributed by atoms with Crippen LogP contribution in [0.2, 0.25) is 0 Å². The van der Waals surface area contributed by atoms with Gasteiger partial charge in [0.2, 0.25) is 0 Å². The molecule has 1 rings (SSSR count). The van der Waals surface area contributed by atoms with Crippen LogP contribution in [0.4, 0.5) is 13.2 Å². The summed E-state index contributed by atoms with van der Waals surface area (Å²) in [5.41, 5.74) is 0. The summed E-state index contributed by atoms with van der Waals surface area (Å²) in [6.07, 6.45) is -2.65. The second-order valence-electron chi connectivity index (χ2n) is 3.87. The Balaban J connectivity index is 2.58. The molecule has 0 heterocycles. The van der Waals surface area contributed by atoms with Crippen molar-refractivity contribution in [1.29, 1.82) is 0 Å². The third-order valence-corrected chi connectivity index (χ3v) is 3.17. The van der Waals surface area contributed by atoms with Gasteiger partial charge in [0.15, 0.2) is 0 Å². The van der Waals surface area contributed by atoms with E-state index in [0.29, 0.717) is 12.8 Å². The molecule has 0 aromatic heterocycles. The molecule has 14 heavy (non-hydrogen) atoms. The van der Waals surface area contributed by atoms with Gasteiger partial charge in [-0.2, -0.15) is 13.2 Å². The Morgan fingerprint density at radius 1 is 1.21 bits per heavy atom. The largest absolute Gasteiger partial charge is 0.391 e. The van der Waals surface area contributed by atoms with E-state index in [2.05, 4.69) is 5.32 Å². The smallest absolute Gasteiger partial charge is 0.317 e. The number of rotatable bonds is 1. The fraction of sp³-hybridized carbons (Fsp3) is 1.00. The summed E-state index contributed by atoms with van der Waals surface area (Å²) in [6.45, 7) is 0. The van der Waals surface area contributed by atoms with Crippen LogP contribution in [-0.4, -0.2) is 24.6 Å². The molecular formula is C9H15ClF3N. The average Bonchev–Trinajstić information content (AvgIpc) is 2.25. The van der Waals surface area contributed by atoms with Gasteiger partial charge < -0.3 is 5.32 Å². The van der Waals surface area contributed by atoms with E-state index in [1.165, 1.54) is 0 Å². The fourth-order valence-corrected chi connectivity index (χ4v) is 2.34. The van der Waals surface area contributed by atoms with Crippen molar-refractivity contribution in [1.82, 2.24) is 5.32 Å². The molecule has 0 aromatic rings. The van der Waals surface area contributed by atoms with Gasteiger partial charge in [-0.3, -0.25) is 0 Å². The molecule has 1 fully saturated rings. The van der Waals surface area contributed by atoms with Gasteiger partial charge >= 0.3 is 6.18 Å². The predicted molar refractivity (Wildman–Crippen MR) is 50.5 cm³/mol. The van der Waals surface area contributed by atoms with Crippen molar-refractivity contribution in [2.75, 3.05) is 7.05 Å². The molecule has 0 amide bonds. The summed E-state index contributed by atoms with van der Waals surface area (Å²) >= 11 is 5.86. The van der Waals surface area contributed by atoms with Crippen LogP contribution in [0.15, 0.2) is 0 Å². The lowest BCUT2D eigenvalue weighted by molar-refractivity contribution is -0.177. The molecule has 0 aromatic carbocycles. The summed E-state index contributed by atoms with van der Waals surface area (Å²) < 4.78 is 37.3. The highest BCUT2D eigenvalue weighted by Gasteiger charge is 2.41. The minimum atomic E-state index is -4.09. The third kappa shape index (κ3) is 3.31. The maximum absolute atomic E-state index is 12.4. The SMILES string of the molecule is CNC1CCC(C(F)(F)F)CC(Cl)C1. The molecule has 1 aliphatic carbocycles. The predicted octanol–water partition coefficient (Wildman–Crippen LogP) is 2.93. The van der Waals surface area contributed by atoms with Gasteiger partial charge in [-0.15, -0.1) is 11.6 Å². The van der Waals surface area contributed by atoms with Crippen molar-refractivity contribution in [3.63, 3.8) is 0 Å². The summed E-state index contributed by atoms with van der Waals surface area (Å²) in [5, 5.41) is 2.63. The van der Waals surface area contributed by atoms with Gasteiger partial charge in [0, 0.05) is 11.4 Å². The van der Waals surface area contributed by atoms with Gasteiger partial charge in [0.1, 0.15) is 0 Å². The Hall–Kier alpha value is 0.0400. The van der Waals surface area contributed by atoms with Gasteiger partial charge in [0.05, 0.1) is 5.92 Å². The van der Waals surface area contributed by atoms with Crippen LogP contribution >= 0.6 is 11.6 Å². The highest BCUT2D eigenvalue weighted by Crippen LogP contribution is 2.38. The van der Waals surface area contributed by atoms with Crippen LogP contribution in [0.5, 0.6) is 0 Å². The average molecular weight is 230 g/mol. The van der Waals surface area contributed by atoms with Crippen molar-refractivity contribution >= 4 is 11.6 Å². The molecule has 1 saturated carbocycles. The van der Waals surface area contributed by atoms with E-state index in [-0.39, 0.29) is 24.3 Å². The van der Waals surface area contributed by atoms with Gasteiger partial charge in [0.25, 0.3) is 0 Å². The molecule has 0 spiro atoms. The lowest BCUT2D eigenvalue weighted by atomic mass is 10.00. The van der Waals surface area contributed by atoms with E-state index in [1.54, 1.807) is 7.05 Å². The van der Waals surface area contributed by atoms with Crippen molar-refractivity contribution in [2.45, 2.75) is 43.3 Å². The Bertz CT molecular complexity index is 183. The maximum atomic E-state index is 12.4. The first-order valence-corrected chi connectivity index (χ1v) is 5.25. The number of nitrogens with one attached hydrogen (secondary N) is 1. The Kier molecular flexibility index (Phi) is 4.07. The summed E-state index contributed by atoms with van der Waals surface area (Å²) in [4.78, 5) is 0. The zero-order valence-corrected chi connectivity index (χ0v) is 8.83. The first-order valence-electron chi connectivity index (χ1n) is 4.81. The number of halogens is 4. The van der Waals surface area contributed by atoms with Crippen molar-refractivity contribution in [2.24, 2.45) is 5.92 Å². The molecule has 1 N–H and O–H groups in total. The van der Waals surface area contributed by atoms with E-state index < -0.39 is 12.1 Å². The molecule has 84 valence electrons. The van der Waals surface area contributed by atoms with Crippen LogP contribution in [0.25, 0.3) is 0 Å². The molecule has 1 aliphatic rings. The topological polar surface area (TPSA) is 12.0 Å². The number of alkyl halides is 4. The molecule has 0 radical (unpaired) electrons. The van der Waals surface area contributed by atoms with Crippen LogP contribution in [0.1, 0.15) is 25.7 Å². The van der Waals surface area contributed by atoms with Crippen molar-refractivity contribution < 1.29 is 13.2 Å². The third-order valence-electron chi connectivity index (χ3n) is 2.82. The maximum Gasteiger partial charge on any atom is 0.391 e. The Labute approximate surface area is 87.0 Å². The molecule has 0 saturated heterocycles. The van der Waals surface area contributed by atoms with E-state index in [4.69, 9.17) is 11.6 Å². The van der Waals surface area contributed by atoms with Crippen molar-refractivity contribution in [3.05, 3.63) is 0 Å². The minimum Gasteiger partial charge on any atom is -0.317 e. The molecule has 3 unspecified atom stereocenters. The van der Waals surface area contributed by atoms with Gasteiger partial charge in [-0.05, 0) is 32.7 Å². The van der Waals surface area contributed by atoms with E-state index in [1.807, 2.05) is 0 Å². The molecule has 5 heteroatoms. The normalized spacial score (nSPS) is 35.4. The number of hydrogen-bond acceptors (Lipinski definition) is 1. The number of hydrogen-bond donors (Lipinski definition) is 1. The van der Waals surface area contributed by atoms with Crippen LogP contribution in [-0.2, 0) is 0 Å². The van der Waals surface area contributed by atoms with E-state index in [0.717, 1.165) is 0 Å². The van der Waals surface area contributed by atoms with E-state index >= 15 is 0 Å².